The number of likely N-dealkylation sites (tertiary alicyclic amines) is 2. The summed E-state index contributed by atoms with van der Waals surface area (Å²) in [5.41, 5.74) is 7.67. The molecule has 0 radical (unpaired) electrons. The van der Waals surface area contributed by atoms with Gasteiger partial charge in [0.25, 0.3) is 11.8 Å². The van der Waals surface area contributed by atoms with Crippen LogP contribution < -0.4 is 0 Å². The minimum Gasteiger partial charge on any atom is -0.335 e. The molecule has 2 aromatic carbocycles. The van der Waals surface area contributed by atoms with Crippen molar-refractivity contribution in [2.45, 2.75) is 90.1 Å². The van der Waals surface area contributed by atoms with Crippen molar-refractivity contribution in [2.24, 2.45) is 10.8 Å². The first-order valence-electron chi connectivity index (χ1n) is 21.2. The number of aromatic nitrogens is 7. The van der Waals surface area contributed by atoms with Gasteiger partial charge in [-0.15, -0.1) is 0 Å². The Morgan fingerprint density at radius 3 is 1.66 bits per heavy atom. The number of carbonyl (C=O) groups is 2. The van der Waals surface area contributed by atoms with Crippen LogP contribution >= 0.6 is 23.2 Å². The van der Waals surface area contributed by atoms with Crippen molar-refractivity contribution in [3.8, 4) is 17.1 Å². The Balaban J connectivity index is 0.000000156. The minimum atomic E-state index is 0.0730. The predicted octanol–water partition coefficient (Wildman–Crippen LogP) is 9.38. The van der Waals surface area contributed by atoms with Gasteiger partial charge in [-0.2, -0.15) is 15.0 Å². The summed E-state index contributed by atoms with van der Waals surface area (Å²) in [7, 11) is 0. The van der Waals surface area contributed by atoms with Gasteiger partial charge in [0.2, 0.25) is 0 Å². The first-order chi connectivity index (χ1) is 29.6. The zero-order valence-electron chi connectivity index (χ0n) is 34.6. The minimum absolute atomic E-state index is 0.0730. The van der Waals surface area contributed by atoms with Gasteiger partial charge in [-0.3, -0.25) is 19.6 Å². The van der Waals surface area contributed by atoms with E-state index in [0.717, 1.165) is 85.4 Å². The fraction of sp³-hybridized carbons (Fsp3) is 0.375. The second kappa shape index (κ2) is 17.1. The third-order valence-electron chi connectivity index (χ3n) is 12.9. The molecule has 2 unspecified atom stereocenters. The lowest BCUT2D eigenvalue weighted by atomic mass is 9.99. The van der Waals surface area contributed by atoms with Gasteiger partial charge in [0, 0.05) is 66.9 Å². The van der Waals surface area contributed by atoms with Crippen molar-refractivity contribution < 1.29 is 9.59 Å². The molecule has 2 saturated carbocycles. The van der Waals surface area contributed by atoms with Crippen molar-refractivity contribution >= 4 is 35.0 Å². The average molecular weight is 855 g/mol. The molecule has 4 aromatic heterocycles. The first kappa shape index (κ1) is 40.9. The molecule has 6 aromatic rings. The van der Waals surface area contributed by atoms with Gasteiger partial charge >= 0.3 is 0 Å². The van der Waals surface area contributed by atoms with E-state index in [0.29, 0.717) is 37.8 Å². The number of amides is 2. The van der Waals surface area contributed by atoms with Crippen molar-refractivity contribution in [3.63, 3.8) is 0 Å². The maximum atomic E-state index is 13.8. The highest BCUT2D eigenvalue weighted by atomic mass is 35.5. The summed E-state index contributed by atoms with van der Waals surface area (Å²) in [6.45, 7) is 5.70. The van der Waals surface area contributed by atoms with E-state index in [2.05, 4.69) is 39.9 Å². The number of rotatable bonds is 10. The van der Waals surface area contributed by atoms with E-state index < -0.39 is 0 Å². The van der Waals surface area contributed by atoms with E-state index in [9.17, 15) is 9.59 Å². The molecule has 2 atom stereocenters. The molecule has 2 spiro atoms. The summed E-state index contributed by atoms with van der Waals surface area (Å²) >= 11 is 11.9. The molecular weight excluding hydrogens is 805 g/mol. The second-order valence-electron chi connectivity index (χ2n) is 17.6. The maximum Gasteiger partial charge on any atom is 0.256 e. The van der Waals surface area contributed by atoms with Gasteiger partial charge in [-0.1, -0.05) is 52.5 Å². The lowest BCUT2D eigenvalue weighted by Gasteiger charge is -2.26. The molecule has 2 aliphatic heterocycles. The van der Waals surface area contributed by atoms with Gasteiger partial charge < -0.3 is 9.80 Å². The van der Waals surface area contributed by atoms with Crippen molar-refractivity contribution in [2.75, 3.05) is 13.1 Å². The van der Waals surface area contributed by atoms with Gasteiger partial charge in [-0.05, 0) is 137 Å². The summed E-state index contributed by atoms with van der Waals surface area (Å²) < 4.78 is 0. The number of aryl methyl sites for hydroxylation is 4. The highest BCUT2D eigenvalue weighted by molar-refractivity contribution is 6.30. The molecule has 4 aliphatic rings. The standard InChI is InChI=1S/C25H25ClN4O.C23H24ClN5O/c1-17-3-8-21(23-27-11-2-12-28-23)22(13-17)24(31)30-16-25(9-10-25)14-20(30)7-6-19-5-4-18(26)15-29-19;1-16-2-7-21(29-26-10-11-27-29)20(12-16)22(30)28-15-23(8-9-23)13-19(28)6-5-18-4-3-17(24)14-25-18/h2-5,8,11-13,15,20H,6-7,9-10,14,16H2,1H3;2-4,7,10-12,14,19H,5-6,8-9,13,15H2,1H3. The Bertz CT molecular complexity index is 2510. The number of benzene rings is 2. The summed E-state index contributed by atoms with van der Waals surface area (Å²) in [4.78, 5) is 50.9. The second-order valence-corrected chi connectivity index (χ2v) is 18.4. The number of halogens is 2. The van der Waals surface area contributed by atoms with Crippen molar-refractivity contribution in [1.29, 1.82) is 0 Å². The molecule has 2 aliphatic carbocycles. The molecule has 0 bridgehead atoms. The predicted molar refractivity (Wildman–Crippen MR) is 236 cm³/mol. The van der Waals surface area contributed by atoms with Crippen LogP contribution in [0.5, 0.6) is 0 Å². The van der Waals surface area contributed by atoms with Crippen LogP contribution in [0.25, 0.3) is 17.1 Å². The molecular formula is C48H49Cl2N9O2. The molecule has 61 heavy (non-hydrogen) atoms. The summed E-state index contributed by atoms with van der Waals surface area (Å²) in [6.07, 6.45) is 20.6. The molecule has 13 heteroatoms. The number of hydrogen-bond donors (Lipinski definition) is 0. The van der Waals surface area contributed by atoms with Crippen LogP contribution in [-0.4, -0.2) is 81.7 Å². The monoisotopic (exact) mass is 853 g/mol. The fourth-order valence-corrected chi connectivity index (χ4v) is 9.47. The zero-order valence-corrected chi connectivity index (χ0v) is 36.1. The van der Waals surface area contributed by atoms with Crippen LogP contribution in [0.4, 0.5) is 0 Å². The van der Waals surface area contributed by atoms with Gasteiger partial charge in [-0.25, -0.2) is 9.97 Å². The largest absolute Gasteiger partial charge is 0.335 e. The smallest absolute Gasteiger partial charge is 0.256 e. The molecule has 11 nitrogen and oxygen atoms in total. The van der Waals surface area contributed by atoms with Crippen LogP contribution in [0, 0.1) is 24.7 Å². The lowest BCUT2D eigenvalue weighted by Crippen LogP contribution is -2.37. The van der Waals surface area contributed by atoms with E-state index in [1.165, 1.54) is 30.5 Å². The van der Waals surface area contributed by atoms with Gasteiger partial charge in [0.15, 0.2) is 5.82 Å². The third-order valence-corrected chi connectivity index (χ3v) is 13.4. The van der Waals surface area contributed by atoms with Crippen LogP contribution in [0.3, 0.4) is 0 Å². The first-order valence-corrected chi connectivity index (χ1v) is 22.0. The SMILES string of the molecule is Cc1ccc(-c2ncccn2)c(C(=O)N2CC3(CC3)CC2CCc2ccc(Cl)cn2)c1.Cc1ccc(-n2nccn2)c(C(=O)N2CC3(CC3)CC2CCc2ccc(Cl)cn2)c1. The lowest BCUT2D eigenvalue weighted by molar-refractivity contribution is 0.0717. The Hall–Kier alpha value is -5.52. The Kier molecular flexibility index (Phi) is 11.4. The summed E-state index contributed by atoms with van der Waals surface area (Å²) in [5.74, 6) is 0.751. The molecule has 0 N–H and O–H groups in total. The molecule has 312 valence electrons. The van der Waals surface area contributed by atoms with Gasteiger partial charge in [0.1, 0.15) is 0 Å². The van der Waals surface area contributed by atoms with E-state index in [1.54, 1.807) is 43.2 Å². The van der Waals surface area contributed by atoms with Crippen LogP contribution in [0.2, 0.25) is 10.0 Å². The molecule has 2 saturated heterocycles. The number of hydrogen-bond acceptors (Lipinski definition) is 8. The van der Waals surface area contributed by atoms with E-state index in [-0.39, 0.29) is 23.9 Å². The Morgan fingerprint density at radius 1 is 0.639 bits per heavy atom. The fourth-order valence-electron chi connectivity index (χ4n) is 9.25. The molecule has 10 rings (SSSR count). The molecule has 6 heterocycles. The van der Waals surface area contributed by atoms with E-state index in [1.807, 2.05) is 74.5 Å². The van der Waals surface area contributed by atoms with Crippen LogP contribution in [0.1, 0.15) is 94.6 Å². The summed E-state index contributed by atoms with van der Waals surface area (Å²) in [5, 5.41) is 9.78. The average Bonchev–Trinajstić information content (AvgIpc) is 4.01. The maximum absolute atomic E-state index is 13.8. The van der Waals surface area contributed by atoms with Crippen molar-refractivity contribution in [3.05, 3.63) is 148 Å². The Labute approximate surface area is 366 Å². The van der Waals surface area contributed by atoms with Crippen LogP contribution in [0.15, 0.2) is 104 Å². The number of pyridine rings is 2. The van der Waals surface area contributed by atoms with Crippen molar-refractivity contribution in [1.82, 2.24) is 44.7 Å². The van der Waals surface area contributed by atoms with Crippen LogP contribution in [-0.2, 0) is 12.8 Å². The zero-order chi connectivity index (χ0) is 42.1. The van der Waals surface area contributed by atoms with E-state index in [4.69, 9.17) is 23.2 Å². The normalized spacial score (nSPS) is 19.2. The molecule has 2 amide bonds. The topological polar surface area (TPSA) is 123 Å². The van der Waals surface area contributed by atoms with E-state index >= 15 is 0 Å². The highest BCUT2D eigenvalue weighted by Gasteiger charge is 2.54. The van der Waals surface area contributed by atoms with Gasteiger partial charge in [0.05, 0.1) is 39.3 Å². The quantitative estimate of drug-likeness (QED) is 0.134. The highest BCUT2D eigenvalue weighted by Crippen LogP contribution is 2.56. The third kappa shape index (κ3) is 9.23. The molecule has 4 fully saturated rings. The Morgan fingerprint density at radius 2 is 1.15 bits per heavy atom. The number of carbonyl (C=O) groups excluding carboxylic acids is 2. The number of nitrogens with zero attached hydrogens (tertiary/aromatic N) is 9. The summed E-state index contributed by atoms with van der Waals surface area (Å²) in [6, 6.07) is 21.8.